The fourth-order valence-corrected chi connectivity index (χ4v) is 2.06. The minimum atomic E-state index is -4.73. The predicted molar refractivity (Wildman–Crippen MR) is 85.7 cm³/mol. The normalized spacial score (nSPS) is 12.2. The number of halogens is 4. The maximum Gasteiger partial charge on any atom is 0.573 e. The largest absolute Gasteiger partial charge is 0.573 e. The highest BCUT2D eigenvalue weighted by Crippen LogP contribution is 2.31. The van der Waals surface area contributed by atoms with Gasteiger partial charge in [0.1, 0.15) is 5.75 Å². The van der Waals surface area contributed by atoms with Crippen LogP contribution in [0.5, 0.6) is 17.2 Å². The molecule has 3 N–H and O–H groups in total. The third-order valence-electron chi connectivity index (χ3n) is 3.12. The van der Waals surface area contributed by atoms with Crippen molar-refractivity contribution in [2.45, 2.75) is 19.3 Å². The van der Waals surface area contributed by atoms with E-state index in [0.29, 0.717) is 23.5 Å². The highest BCUT2D eigenvalue weighted by atomic mass is 35.5. The first-order valence-corrected chi connectivity index (χ1v) is 6.87. The second-order valence-electron chi connectivity index (χ2n) is 4.75. The molecule has 0 saturated heterocycles. The summed E-state index contributed by atoms with van der Waals surface area (Å²) in [6, 6.07) is 9.43. The maximum atomic E-state index is 12.1. The molecular formula is C16H17ClF3NO3. The summed E-state index contributed by atoms with van der Waals surface area (Å²) in [7, 11) is 0. The number of rotatable bonds is 5. The van der Waals surface area contributed by atoms with Crippen molar-refractivity contribution in [1.29, 1.82) is 0 Å². The molecule has 132 valence electrons. The Balaban J connectivity index is 0.00000288. The number of hydrogen-bond acceptors (Lipinski definition) is 4. The number of aromatic hydroxyl groups is 1. The van der Waals surface area contributed by atoms with Crippen LogP contribution in [0.25, 0.3) is 0 Å². The van der Waals surface area contributed by atoms with Crippen LogP contribution in [0, 0.1) is 0 Å². The van der Waals surface area contributed by atoms with Gasteiger partial charge >= 0.3 is 6.36 Å². The molecule has 8 heteroatoms. The van der Waals surface area contributed by atoms with Gasteiger partial charge in [-0.25, -0.2) is 0 Å². The van der Waals surface area contributed by atoms with Crippen molar-refractivity contribution in [2.24, 2.45) is 5.73 Å². The van der Waals surface area contributed by atoms with Crippen molar-refractivity contribution in [3.05, 3.63) is 53.6 Å². The van der Waals surface area contributed by atoms with Crippen molar-refractivity contribution in [2.75, 3.05) is 6.61 Å². The van der Waals surface area contributed by atoms with Crippen LogP contribution in [-0.4, -0.2) is 18.1 Å². The van der Waals surface area contributed by atoms with E-state index in [0.717, 1.165) is 0 Å². The molecule has 0 aliphatic carbocycles. The zero-order chi connectivity index (χ0) is 17.0. The fourth-order valence-electron chi connectivity index (χ4n) is 2.06. The van der Waals surface area contributed by atoms with Gasteiger partial charge in [-0.15, -0.1) is 25.6 Å². The smallest absolute Gasteiger partial charge is 0.504 e. The van der Waals surface area contributed by atoms with Crippen LogP contribution in [-0.2, 0) is 0 Å². The summed E-state index contributed by atoms with van der Waals surface area (Å²) in [5, 5.41) is 9.67. The molecule has 0 saturated carbocycles. The summed E-state index contributed by atoms with van der Waals surface area (Å²) in [6.45, 7) is 2.17. The summed E-state index contributed by atoms with van der Waals surface area (Å²) in [5.41, 5.74) is 7.38. The van der Waals surface area contributed by atoms with Crippen LogP contribution in [0.4, 0.5) is 13.2 Å². The molecule has 2 aromatic carbocycles. The Kier molecular flexibility index (Phi) is 6.74. The van der Waals surface area contributed by atoms with Crippen LogP contribution in [0.1, 0.15) is 24.1 Å². The highest BCUT2D eigenvalue weighted by molar-refractivity contribution is 5.85. The van der Waals surface area contributed by atoms with Gasteiger partial charge in [0.15, 0.2) is 11.5 Å². The summed E-state index contributed by atoms with van der Waals surface area (Å²) < 4.78 is 45.5. The van der Waals surface area contributed by atoms with Gasteiger partial charge in [0.2, 0.25) is 0 Å². The highest BCUT2D eigenvalue weighted by Gasteiger charge is 2.31. The molecule has 0 radical (unpaired) electrons. The topological polar surface area (TPSA) is 64.7 Å². The minimum absolute atomic E-state index is 0. The second-order valence-corrected chi connectivity index (χ2v) is 4.75. The van der Waals surface area contributed by atoms with E-state index < -0.39 is 12.4 Å². The summed E-state index contributed by atoms with van der Waals surface area (Å²) in [4.78, 5) is 0. The zero-order valence-electron chi connectivity index (χ0n) is 12.7. The van der Waals surface area contributed by atoms with Gasteiger partial charge in [-0.3, -0.25) is 0 Å². The van der Waals surface area contributed by atoms with E-state index in [9.17, 15) is 18.3 Å². The van der Waals surface area contributed by atoms with Crippen molar-refractivity contribution >= 4 is 12.4 Å². The summed E-state index contributed by atoms with van der Waals surface area (Å²) in [6.07, 6.45) is -4.73. The van der Waals surface area contributed by atoms with E-state index in [1.165, 1.54) is 30.3 Å². The molecule has 4 nitrogen and oxygen atoms in total. The van der Waals surface area contributed by atoms with Crippen molar-refractivity contribution in [3.8, 4) is 17.2 Å². The van der Waals surface area contributed by atoms with Gasteiger partial charge < -0.3 is 20.3 Å². The van der Waals surface area contributed by atoms with Gasteiger partial charge in [0.25, 0.3) is 0 Å². The Morgan fingerprint density at radius 1 is 1.08 bits per heavy atom. The zero-order valence-corrected chi connectivity index (χ0v) is 13.5. The van der Waals surface area contributed by atoms with Crippen LogP contribution in [0.2, 0.25) is 0 Å². The molecule has 2 rings (SSSR count). The van der Waals surface area contributed by atoms with Crippen LogP contribution < -0.4 is 15.2 Å². The predicted octanol–water partition coefficient (Wildman–Crippen LogP) is 4.16. The van der Waals surface area contributed by atoms with Crippen LogP contribution in [0.3, 0.4) is 0 Å². The Hall–Kier alpha value is -2.12. The van der Waals surface area contributed by atoms with Crippen LogP contribution in [0.15, 0.2) is 42.5 Å². The quantitative estimate of drug-likeness (QED) is 0.837. The Labute approximate surface area is 143 Å². The van der Waals surface area contributed by atoms with E-state index in [2.05, 4.69) is 4.74 Å². The third-order valence-corrected chi connectivity index (χ3v) is 3.12. The number of phenols is 1. The number of alkyl halides is 3. The second kappa shape index (κ2) is 8.12. The molecule has 0 aliphatic rings. The number of ether oxygens (including phenoxy) is 2. The molecule has 2 aromatic rings. The molecule has 0 aliphatic heterocycles. The molecule has 0 fully saturated rings. The van der Waals surface area contributed by atoms with Gasteiger partial charge in [-0.1, -0.05) is 18.2 Å². The average molecular weight is 364 g/mol. The first kappa shape index (κ1) is 19.9. The fraction of sp³-hybridized carbons (Fsp3) is 0.250. The van der Waals surface area contributed by atoms with Gasteiger partial charge in [0.05, 0.1) is 12.6 Å². The Bertz CT molecular complexity index is 663. The van der Waals surface area contributed by atoms with E-state index in [1.54, 1.807) is 19.1 Å². The lowest BCUT2D eigenvalue weighted by atomic mass is 9.99. The van der Waals surface area contributed by atoms with E-state index >= 15 is 0 Å². The molecule has 0 aromatic heterocycles. The third kappa shape index (κ3) is 5.21. The molecule has 1 atom stereocenters. The SMILES string of the molecule is CCOc1cc([C@H](N)c2ccc(OC(F)(F)F)cc2)ccc1O.Cl. The molecule has 0 amide bonds. The molecule has 0 heterocycles. The molecule has 24 heavy (non-hydrogen) atoms. The van der Waals surface area contributed by atoms with Crippen LogP contribution >= 0.6 is 12.4 Å². The van der Waals surface area contributed by atoms with Gasteiger partial charge in [-0.2, -0.15) is 0 Å². The van der Waals surface area contributed by atoms with Crippen molar-refractivity contribution < 1.29 is 27.8 Å². The number of nitrogens with two attached hydrogens (primary N) is 1. The monoisotopic (exact) mass is 363 g/mol. The lowest BCUT2D eigenvalue weighted by Crippen LogP contribution is -2.17. The molecular weight excluding hydrogens is 347 g/mol. The standard InChI is InChI=1S/C16H16F3NO3.ClH/c1-2-22-14-9-11(5-8-13(14)21)15(20)10-3-6-12(7-4-10)23-16(17,18)19;/h3-9,15,21H,2,20H2,1H3;1H/t15-;/m1./s1. The van der Waals surface area contributed by atoms with E-state index in [4.69, 9.17) is 10.5 Å². The first-order valence-electron chi connectivity index (χ1n) is 6.87. The summed E-state index contributed by atoms with van der Waals surface area (Å²) >= 11 is 0. The molecule has 0 spiro atoms. The van der Waals surface area contributed by atoms with E-state index in [-0.39, 0.29) is 23.9 Å². The van der Waals surface area contributed by atoms with Gasteiger partial charge in [-0.05, 0) is 42.3 Å². The summed E-state index contributed by atoms with van der Waals surface area (Å²) in [5.74, 6) is -0.0108. The van der Waals surface area contributed by atoms with Gasteiger partial charge in [0, 0.05) is 0 Å². The maximum absolute atomic E-state index is 12.1. The van der Waals surface area contributed by atoms with Crippen molar-refractivity contribution in [3.63, 3.8) is 0 Å². The minimum Gasteiger partial charge on any atom is -0.504 e. The number of benzene rings is 2. The van der Waals surface area contributed by atoms with E-state index in [1.807, 2.05) is 0 Å². The Morgan fingerprint density at radius 2 is 1.67 bits per heavy atom. The molecule has 0 bridgehead atoms. The number of phenolic OH excluding ortho intramolecular Hbond substituents is 1. The number of hydrogen-bond donors (Lipinski definition) is 2. The van der Waals surface area contributed by atoms with Crippen molar-refractivity contribution in [1.82, 2.24) is 0 Å². The average Bonchev–Trinajstić information content (AvgIpc) is 2.48. The lowest BCUT2D eigenvalue weighted by molar-refractivity contribution is -0.274. The molecule has 0 unspecified atom stereocenters. The first-order chi connectivity index (χ1) is 10.8. The Morgan fingerprint density at radius 3 is 2.21 bits per heavy atom. The lowest BCUT2D eigenvalue weighted by Gasteiger charge is -2.16.